The van der Waals surface area contributed by atoms with Crippen molar-refractivity contribution >= 4 is 5.91 Å². The highest BCUT2D eigenvalue weighted by Crippen LogP contribution is 2.28. The number of hydrogen-bond acceptors (Lipinski definition) is 5. The maximum absolute atomic E-state index is 13.7. The van der Waals surface area contributed by atoms with Crippen LogP contribution in [-0.2, 0) is 4.79 Å². The van der Waals surface area contributed by atoms with Gasteiger partial charge < -0.3 is 15.4 Å². The molecular formula is C17H19FN4O2. The summed E-state index contributed by atoms with van der Waals surface area (Å²) in [6.07, 6.45) is 4.90. The van der Waals surface area contributed by atoms with Crippen LogP contribution in [0.15, 0.2) is 36.7 Å². The molecule has 0 unspecified atom stereocenters. The van der Waals surface area contributed by atoms with Gasteiger partial charge in [0.05, 0.1) is 18.4 Å². The van der Waals surface area contributed by atoms with Crippen molar-refractivity contribution in [1.29, 1.82) is 0 Å². The van der Waals surface area contributed by atoms with Crippen molar-refractivity contribution in [2.45, 2.75) is 18.8 Å². The predicted molar refractivity (Wildman–Crippen MR) is 86.1 cm³/mol. The molecule has 0 bridgehead atoms. The molecule has 1 saturated heterocycles. The largest absolute Gasteiger partial charge is 0.434 e. The number of hydrogen-bond donors (Lipinski definition) is 1. The number of ether oxygens (including phenoxy) is 1. The molecule has 1 aliphatic heterocycles. The van der Waals surface area contributed by atoms with Gasteiger partial charge >= 0.3 is 0 Å². The van der Waals surface area contributed by atoms with Crippen LogP contribution in [0, 0.1) is 5.82 Å². The van der Waals surface area contributed by atoms with Gasteiger partial charge in [-0.25, -0.2) is 9.37 Å². The van der Waals surface area contributed by atoms with E-state index in [1.807, 2.05) is 0 Å². The van der Waals surface area contributed by atoms with Crippen molar-refractivity contribution < 1.29 is 13.9 Å². The number of likely N-dealkylation sites (tertiary alicyclic amines) is 1. The van der Waals surface area contributed by atoms with E-state index in [9.17, 15) is 9.18 Å². The van der Waals surface area contributed by atoms with Crippen molar-refractivity contribution in [1.82, 2.24) is 14.9 Å². The average molecular weight is 330 g/mol. The summed E-state index contributed by atoms with van der Waals surface area (Å²) >= 11 is 0. The molecule has 0 aliphatic carbocycles. The zero-order valence-corrected chi connectivity index (χ0v) is 13.2. The maximum atomic E-state index is 13.7. The smallest absolute Gasteiger partial charge is 0.238 e. The minimum atomic E-state index is -0.456. The van der Waals surface area contributed by atoms with Gasteiger partial charge in [-0.3, -0.25) is 9.78 Å². The highest BCUT2D eigenvalue weighted by atomic mass is 19.1. The molecule has 1 amide bonds. The fourth-order valence-corrected chi connectivity index (χ4v) is 2.82. The normalized spacial score (nSPS) is 17.6. The molecule has 7 heteroatoms. The van der Waals surface area contributed by atoms with Crippen LogP contribution in [0.25, 0.3) is 0 Å². The fraction of sp³-hybridized carbons (Fsp3) is 0.353. The average Bonchev–Trinajstić information content (AvgIpc) is 2.63. The first-order chi connectivity index (χ1) is 11.7. The lowest BCUT2D eigenvalue weighted by molar-refractivity contribution is -0.130. The van der Waals surface area contributed by atoms with E-state index in [4.69, 9.17) is 10.5 Å². The second-order valence-corrected chi connectivity index (χ2v) is 5.70. The molecule has 0 spiro atoms. The van der Waals surface area contributed by atoms with E-state index in [1.165, 1.54) is 18.3 Å². The molecule has 1 aromatic heterocycles. The molecule has 6 nitrogen and oxygen atoms in total. The Bertz CT molecular complexity index is 725. The Labute approximate surface area is 139 Å². The summed E-state index contributed by atoms with van der Waals surface area (Å²) in [4.78, 5) is 22.1. The van der Waals surface area contributed by atoms with Gasteiger partial charge in [0.2, 0.25) is 11.8 Å². The van der Waals surface area contributed by atoms with Gasteiger partial charge in [0.1, 0.15) is 0 Å². The van der Waals surface area contributed by atoms with Crippen LogP contribution >= 0.6 is 0 Å². The zero-order valence-electron chi connectivity index (χ0n) is 13.2. The van der Waals surface area contributed by atoms with Crippen LogP contribution < -0.4 is 10.5 Å². The molecule has 2 aromatic rings. The summed E-state index contributed by atoms with van der Waals surface area (Å²) in [7, 11) is 0. The van der Waals surface area contributed by atoms with Gasteiger partial charge in [0.15, 0.2) is 11.6 Å². The molecule has 126 valence electrons. The topological polar surface area (TPSA) is 81.3 Å². The van der Waals surface area contributed by atoms with Crippen LogP contribution in [0.1, 0.15) is 24.5 Å². The standard InChI is InChI=1S/C17H19FN4O2/c18-13-5-1-2-6-15(13)24-16-10-20-9-14(21-16)12-4-3-7-22(11-12)17(23)8-19/h1-2,5-6,9-10,12H,3-4,7-8,11,19H2/t12-/m0/s1. The van der Waals surface area contributed by atoms with E-state index >= 15 is 0 Å². The molecule has 0 radical (unpaired) electrons. The van der Waals surface area contributed by atoms with Crippen LogP contribution in [0.4, 0.5) is 4.39 Å². The van der Waals surface area contributed by atoms with Gasteiger partial charge in [-0.2, -0.15) is 0 Å². The number of nitrogens with two attached hydrogens (primary N) is 1. The summed E-state index contributed by atoms with van der Waals surface area (Å²) in [5.41, 5.74) is 6.17. The summed E-state index contributed by atoms with van der Waals surface area (Å²) in [5, 5.41) is 0. The molecule has 2 N–H and O–H groups in total. The summed E-state index contributed by atoms with van der Waals surface area (Å²) in [5.74, 6) is -0.105. The van der Waals surface area contributed by atoms with E-state index < -0.39 is 5.82 Å². The number of rotatable bonds is 4. The second-order valence-electron chi connectivity index (χ2n) is 5.70. The zero-order chi connectivity index (χ0) is 16.9. The molecule has 3 rings (SSSR count). The Morgan fingerprint density at radius 1 is 1.38 bits per heavy atom. The minimum Gasteiger partial charge on any atom is -0.434 e. The minimum absolute atomic E-state index is 0.00876. The molecule has 1 aliphatic rings. The molecule has 1 fully saturated rings. The Hall–Kier alpha value is -2.54. The molecule has 1 atom stereocenters. The van der Waals surface area contributed by atoms with Gasteiger partial charge in [-0.1, -0.05) is 12.1 Å². The van der Waals surface area contributed by atoms with Gasteiger partial charge in [-0.15, -0.1) is 0 Å². The quantitative estimate of drug-likeness (QED) is 0.928. The fourth-order valence-electron chi connectivity index (χ4n) is 2.82. The van der Waals surface area contributed by atoms with Crippen LogP contribution in [0.3, 0.4) is 0 Å². The maximum Gasteiger partial charge on any atom is 0.238 e. The van der Waals surface area contributed by atoms with Crippen molar-refractivity contribution in [2.75, 3.05) is 19.6 Å². The molecule has 0 saturated carbocycles. The van der Waals surface area contributed by atoms with Crippen LogP contribution in [0.5, 0.6) is 11.6 Å². The summed E-state index contributed by atoms with van der Waals surface area (Å²) in [6, 6.07) is 6.14. The summed E-state index contributed by atoms with van der Waals surface area (Å²) in [6.45, 7) is 1.29. The van der Waals surface area contributed by atoms with Gasteiger partial charge in [-0.05, 0) is 25.0 Å². The lowest BCUT2D eigenvalue weighted by Crippen LogP contribution is -2.42. The Kier molecular flexibility index (Phi) is 5.00. The number of carbonyl (C=O) groups excluding carboxylic acids is 1. The first kappa shape index (κ1) is 16.3. The molecule has 2 heterocycles. The van der Waals surface area contributed by atoms with Crippen molar-refractivity contribution in [3.63, 3.8) is 0 Å². The lowest BCUT2D eigenvalue weighted by atomic mass is 9.95. The highest BCUT2D eigenvalue weighted by Gasteiger charge is 2.25. The summed E-state index contributed by atoms with van der Waals surface area (Å²) < 4.78 is 19.2. The van der Waals surface area contributed by atoms with Crippen molar-refractivity contribution in [3.8, 4) is 11.6 Å². The Balaban J connectivity index is 1.75. The number of nitrogens with zero attached hydrogens (tertiary/aromatic N) is 3. The predicted octanol–water partition coefficient (Wildman–Crippen LogP) is 2.07. The number of piperidine rings is 1. The first-order valence-corrected chi connectivity index (χ1v) is 7.89. The van der Waals surface area contributed by atoms with Crippen molar-refractivity contribution in [2.24, 2.45) is 5.73 Å². The Morgan fingerprint density at radius 3 is 3.00 bits per heavy atom. The third kappa shape index (κ3) is 3.68. The van der Waals surface area contributed by atoms with E-state index in [0.717, 1.165) is 18.5 Å². The number of benzene rings is 1. The van der Waals surface area contributed by atoms with E-state index in [-0.39, 0.29) is 30.0 Å². The van der Waals surface area contributed by atoms with E-state index in [0.29, 0.717) is 13.1 Å². The first-order valence-electron chi connectivity index (χ1n) is 7.89. The third-order valence-electron chi connectivity index (χ3n) is 4.05. The highest BCUT2D eigenvalue weighted by molar-refractivity contribution is 5.78. The van der Waals surface area contributed by atoms with E-state index in [1.54, 1.807) is 23.2 Å². The van der Waals surface area contributed by atoms with Crippen molar-refractivity contribution in [3.05, 3.63) is 48.2 Å². The van der Waals surface area contributed by atoms with Crippen LogP contribution in [0.2, 0.25) is 0 Å². The number of halogens is 1. The van der Waals surface area contributed by atoms with Gasteiger partial charge in [0, 0.05) is 25.2 Å². The number of aromatic nitrogens is 2. The molecule has 24 heavy (non-hydrogen) atoms. The van der Waals surface area contributed by atoms with E-state index in [2.05, 4.69) is 9.97 Å². The SMILES string of the molecule is NCC(=O)N1CCC[C@H](c2cncc(Oc3ccccc3F)n2)C1. The Morgan fingerprint density at radius 2 is 2.21 bits per heavy atom. The lowest BCUT2D eigenvalue weighted by Gasteiger charge is -2.32. The molecular weight excluding hydrogens is 311 g/mol. The second kappa shape index (κ2) is 7.35. The monoisotopic (exact) mass is 330 g/mol. The number of amides is 1. The number of para-hydroxylation sites is 1. The van der Waals surface area contributed by atoms with Gasteiger partial charge in [0.25, 0.3) is 0 Å². The molecule has 1 aromatic carbocycles. The van der Waals surface area contributed by atoms with Crippen LogP contribution in [-0.4, -0.2) is 40.4 Å². The third-order valence-corrected chi connectivity index (χ3v) is 4.05. The number of carbonyl (C=O) groups is 1.